The van der Waals surface area contributed by atoms with Crippen molar-refractivity contribution in [1.82, 2.24) is 9.97 Å². The Morgan fingerprint density at radius 1 is 1.20 bits per heavy atom. The van der Waals surface area contributed by atoms with Crippen molar-refractivity contribution in [3.05, 3.63) is 46.6 Å². The largest absolute Gasteiger partial charge is 0.394 e. The second kappa shape index (κ2) is 7.37. The predicted octanol–water partition coefficient (Wildman–Crippen LogP) is 2.19. The number of nitrogens with one attached hydrogen (secondary N) is 1. The average molecular weight is 342 g/mol. The number of aliphatic hydroxyl groups is 2. The SMILES string of the molecule is Cc1cc(N2CCc3cc([C@@H](C)O)ccc3C2)nc(N[C@H](C)CO)n1. The molecule has 0 amide bonds. The second-order valence-electron chi connectivity index (χ2n) is 6.79. The summed E-state index contributed by atoms with van der Waals surface area (Å²) in [7, 11) is 0. The first-order valence-corrected chi connectivity index (χ1v) is 8.74. The minimum atomic E-state index is -0.435. The van der Waals surface area contributed by atoms with Gasteiger partial charge in [-0.1, -0.05) is 18.2 Å². The van der Waals surface area contributed by atoms with Crippen molar-refractivity contribution in [2.45, 2.75) is 45.9 Å². The van der Waals surface area contributed by atoms with Crippen LogP contribution in [0.25, 0.3) is 0 Å². The zero-order chi connectivity index (χ0) is 18.0. The molecule has 6 nitrogen and oxygen atoms in total. The van der Waals surface area contributed by atoms with Gasteiger partial charge >= 0.3 is 0 Å². The molecule has 2 atom stereocenters. The smallest absolute Gasteiger partial charge is 0.225 e. The molecule has 1 aliphatic heterocycles. The number of rotatable bonds is 5. The van der Waals surface area contributed by atoms with E-state index in [1.54, 1.807) is 6.92 Å². The first-order valence-electron chi connectivity index (χ1n) is 8.74. The molecule has 0 saturated carbocycles. The number of hydrogen-bond donors (Lipinski definition) is 3. The molecule has 134 valence electrons. The van der Waals surface area contributed by atoms with E-state index in [2.05, 4.69) is 32.3 Å². The zero-order valence-electron chi connectivity index (χ0n) is 15.0. The summed E-state index contributed by atoms with van der Waals surface area (Å²) in [5, 5.41) is 22.1. The number of anilines is 2. The number of hydrogen-bond acceptors (Lipinski definition) is 6. The van der Waals surface area contributed by atoms with Crippen molar-refractivity contribution < 1.29 is 10.2 Å². The molecule has 0 fully saturated rings. The normalized spacial score (nSPS) is 16.3. The minimum Gasteiger partial charge on any atom is -0.394 e. The van der Waals surface area contributed by atoms with Crippen LogP contribution in [0.15, 0.2) is 24.3 Å². The molecule has 0 bridgehead atoms. The van der Waals surface area contributed by atoms with Gasteiger partial charge in [-0.3, -0.25) is 0 Å². The third kappa shape index (κ3) is 4.08. The van der Waals surface area contributed by atoms with Crippen LogP contribution in [0, 0.1) is 6.92 Å². The van der Waals surface area contributed by atoms with E-state index in [1.165, 1.54) is 11.1 Å². The van der Waals surface area contributed by atoms with Gasteiger partial charge in [0.25, 0.3) is 0 Å². The van der Waals surface area contributed by atoms with Crippen LogP contribution in [-0.4, -0.2) is 39.4 Å². The monoisotopic (exact) mass is 342 g/mol. The van der Waals surface area contributed by atoms with Crippen molar-refractivity contribution >= 4 is 11.8 Å². The van der Waals surface area contributed by atoms with Crippen molar-refractivity contribution in [3.63, 3.8) is 0 Å². The van der Waals surface area contributed by atoms with Crippen molar-refractivity contribution in [2.75, 3.05) is 23.4 Å². The summed E-state index contributed by atoms with van der Waals surface area (Å²) in [5.74, 6) is 1.44. The van der Waals surface area contributed by atoms with Crippen molar-refractivity contribution in [3.8, 4) is 0 Å². The molecule has 6 heteroatoms. The van der Waals surface area contributed by atoms with E-state index >= 15 is 0 Å². The zero-order valence-corrected chi connectivity index (χ0v) is 15.0. The molecule has 0 radical (unpaired) electrons. The highest BCUT2D eigenvalue weighted by Gasteiger charge is 2.19. The van der Waals surface area contributed by atoms with Gasteiger partial charge in [-0.25, -0.2) is 4.98 Å². The standard InChI is InChI=1S/C19H26N4O2/c1-12-8-18(22-19(20-12)21-13(2)11-24)23-7-6-16-9-15(14(3)25)4-5-17(16)10-23/h4-5,8-9,13-14,24-25H,6-7,10-11H2,1-3H3,(H,20,21,22)/t13-,14-/m1/s1. The van der Waals surface area contributed by atoms with Crippen LogP contribution >= 0.6 is 0 Å². The lowest BCUT2D eigenvalue weighted by Crippen LogP contribution is -2.31. The fourth-order valence-electron chi connectivity index (χ4n) is 3.07. The van der Waals surface area contributed by atoms with E-state index < -0.39 is 6.10 Å². The highest BCUT2D eigenvalue weighted by molar-refractivity contribution is 5.48. The van der Waals surface area contributed by atoms with Crippen LogP contribution in [0.1, 0.15) is 42.3 Å². The first-order chi connectivity index (χ1) is 12.0. The summed E-state index contributed by atoms with van der Waals surface area (Å²) in [5.41, 5.74) is 4.43. The van der Waals surface area contributed by atoms with Crippen LogP contribution in [-0.2, 0) is 13.0 Å². The maximum absolute atomic E-state index is 9.76. The lowest BCUT2D eigenvalue weighted by molar-refractivity contribution is 0.199. The van der Waals surface area contributed by atoms with E-state index in [0.29, 0.717) is 5.95 Å². The molecule has 0 saturated heterocycles. The Kier molecular flexibility index (Phi) is 5.20. The van der Waals surface area contributed by atoms with Gasteiger partial charge in [0, 0.05) is 30.9 Å². The summed E-state index contributed by atoms with van der Waals surface area (Å²) in [6, 6.07) is 8.11. The van der Waals surface area contributed by atoms with Gasteiger partial charge < -0.3 is 20.4 Å². The maximum Gasteiger partial charge on any atom is 0.225 e. The number of aryl methyl sites for hydroxylation is 1. The van der Waals surface area contributed by atoms with E-state index in [-0.39, 0.29) is 12.6 Å². The Balaban J connectivity index is 1.81. The lowest BCUT2D eigenvalue weighted by atomic mass is 9.96. The molecule has 2 aromatic rings. The van der Waals surface area contributed by atoms with Gasteiger partial charge in [-0.2, -0.15) is 4.98 Å². The van der Waals surface area contributed by atoms with Gasteiger partial charge in [0.05, 0.1) is 12.7 Å². The van der Waals surface area contributed by atoms with Crippen LogP contribution in [0.2, 0.25) is 0 Å². The fraction of sp³-hybridized carbons (Fsp3) is 0.474. The lowest BCUT2D eigenvalue weighted by Gasteiger charge is -2.30. The Bertz CT molecular complexity index is 748. The number of nitrogens with zero attached hydrogens (tertiary/aromatic N) is 3. The van der Waals surface area contributed by atoms with E-state index in [4.69, 9.17) is 0 Å². The summed E-state index contributed by atoms with van der Waals surface area (Å²) in [6.07, 6.45) is 0.490. The molecule has 1 aromatic heterocycles. The molecule has 25 heavy (non-hydrogen) atoms. The molecule has 3 rings (SSSR count). The highest BCUT2D eigenvalue weighted by Crippen LogP contribution is 2.26. The minimum absolute atomic E-state index is 0.0370. The van der Waals surface area contributed by atoms with Gasteiger partial charge in [0.15, 0.2) is 0 Å². The molecule has 3 N–H and O–H groups in total. The molecule has 1 aromatic carbocycles. The Morgan fingerprint density at radius 2 is 2.00 bits per heavy atom. The molecule has 0 spiro atoms. The molecule has 0 aliphatic carbocycles. The van der Waals surface area contributed by atoms with Crippen LogP contribution in [0.3, 0.4) is 0 Å². The van der Waals surface area contributed by atoms with Gasteiger partial charge in [-0.05, 0) is 43.9 Å². The second-order valence-corrected chi connectivity index (χ2v) is 6.79. The molecular weight excluding hydrogens is 316 g/mol. The quantitative estimate of drug-likeness (QED) is 0.773. The summed E-state index contributed by atoms with van der Waals surface area (Å²) in [6.45, 7) is 7.34. The van der Waals surface area contributed by atoms with Crippen molar-refractivity contribution in [1.29, 1.82) is 0 Å². The fourth-order valence-corrected chi connectivity index (χ4v) is 3.07. The van der Waals surface area contributed by atoms with Crippen molar-refractivity contribution in [2.24, 2.45) is 0 Å². The first kappa shape index (κ1) is 17.6. The number of aromatic nitrogens is 2. The third-order valence-electron chi connectivity index (χ3n) is 4.54. The molecule has 0 unspecified atom stereocenters. The summed E-state index contributed by atoms with van der Waals surface area (Å²) in [4.78, 5) is 11.3. The van der Waals surface area contributed by atoms with Gasteiger partial charge in [-0.15, -0.1) is 0 Å². The number of aliphatic hydroxyl groups excluding tert-OH is 2. The molecular formula is C19H26N4O2. The topological polar surface area (TPSA) is 81.5 Å². The molecule has 2 heterocycles. The van der Waals surface area contributed by atoms with Gasteiger partial charge in [0.1, 0.15) is 5.82 Å². The van der Waals surface area contributed by atoms with Crippen LogP contribution < -0.4 is 10.2 Å². The van der Waals surface area contributed by atoms with Crippen LogP contribution in [0.4, 0.5) is 11.8 Å². The van der Waals surface area contributed by atoms with E-state index in [0.717, 1.165) is 36.6 Å². The van der Waals surface area contributed by atoms with E-state index in [1.807, 2.05) is 26.0 Å². The summed E-state index contributed by atoms with van der Waals surface area (Å²) < 4.78 is 0. The number of fused-ring (bicyclic) bond motifs is 1. The molecule has 1 aliphatic rings. The van der Waals surface area contributed by atoms with Gasteiger partial charge in [0.2, 0.25) is 5.95 Å². The third-order valence-corrected chi connectivity index (χ3v) is 4.54. The summed E-state index contributed by atoms with van der Waals surface area (Å²) >= 11 is 0. The number of benzene rings is 1. The van der Waals surface area contributed by atoms with E-state index in [9.17, 15) is 10.2 Å². The Hall–Kier alpha value is -2.18. The predicted molar refractivity (Wildman–Crippen MR) is 98.8 cm³/mol. The Labute approximate surface area is 148 Å². The maximum atomic E-state index is 9.76. The average Bonchev–Trinajstić information content (AvgIpc) is 2.60. The Morgan fingerprint density at radius 3 is 2.72 bits per heavy atom. The highest BCUT2D eigenvalue weighted by atomic mass is 16.3. The van der Waals surface area contributed by atoms with Crippen LogP contribution in [0.5, 0.6) is 0 Å².